The maximum atomic E-state index is 12.5. The number of para-hydroxylation sites is 1. The molecular formula is C27H28BrN3O6. The third-order valence-electron chi connectivity index (χ3n) is 4.92. The second-order valence-electron chi connectivity index (χ2n) is 7.65. The van der Waals surface area contributed by atoms with Crippen LogP contribution in [0.5, 0.6) is 23.0 Å². The molecule has 10 heteroatoms. The normalized spacial score (nSPS) is 10.6. The number of nitrogens with one attached hydrogen (secondary N) is 2. The van der Waals surface area contributed by atoms with E-state index in [2.05, 4.69) is 31.8 Å². The Balaban J connectivity index is 1.62. The molecule has 0 aliphatic carbocycles. The summed E-state index contributed by atoms with van der Waals surface area (Å²) in [6, 6.07) is 17.4. The molecule has 0 saturated carbocycles. The van der Waals surface area contributed by atoms with Crippen molar-refractivity contribution in [2.24, 2.45) is 5.10 Å². The number of carbonyl (C=O) groups excluding carboxylic acids is 2. The van der Waals surface area contributed by atoms with Crippen molar-refractivity contribution in [3.05, 3.63) is 76.3 Å². The monoisotopic (exact) mass is 569 g/mol. The lowest BCUT2D eigenvalue weighted by atomic mass is 10.2. The number of hydrogen-bond donors (Lipinski definition) is 2. The van der Waals surface area contributed by atoms with E-state index < -0.39 is 5.91 Å². The summed E-state index contributed by atoms with van der Waals surface area (Å²) in [5.74, 6) is 1.07. The average molecular weight is 570 g/mol. The molecule has 37 heavy (non-hydrogen) atoms. The summed E-state index contributed by atoms with van der Waals surface area (Å²) in [4.78, 5) is 24.8. The summed E-state index contributed by atoms with van der Waals surface area (Å²) in [6.45, 7) is 2.35. The number of ether oxygens (including phenoxy) is 4. The topological polar surface area (TPSA) is 107 Å². The first-order valence-corrected chi connectivity index (χ1v) is 12.2. The lowest BCUT2D eigenvalue weighted by molar-refractivity contribution is -0.118. The average Bonchev–Trinajstić information content (AvgIpc) is 2.91. The SMILES string of the molecule is CCCOc1ccc(C(=O)N/N=C/c2cc(Br)c(OCC(=O)Nc3ccccc3)c(OC)c2)cc1OC. The second-order valence-corrected chi connectivity index (χ2v) is 8.50. The van der Waals surface area contributed by atoms with Crippen LogP contribution in [0.2, 0.25) is 0 Å². The lowest BCUT2D eigenvalue weighted by Crippen LogP contribution is -2.20. The van der Waals surface area contributed by atoms with Crippen molar-refractivity contribution in [1.29, 1.82) is 0 Å². The Bertz CT molecular complexity index is 1250. The summed E-state index contributed by atoms with van der Waals surface area (Å²) in [5, 5.41) is 6.79. The fourth-order valence-electron chi connectivity index (χ4n) is 3.18. The zero-order chi connectivity index (χ0) is 26.6. The molecule has 0 radical (unpaired) electrons. The molecule has 3 aromatic carbocycles. The van der Waals surface area contributed by atoms with Gasteiger partial charge in [0.1, 0.15) is 0 Å². The Kier molecular flexibility index (Phi) is 10.3. The van der Waals surface area contributed by atoms with Crippen LogP contribution in [0.4, 0.5) is 5.69 Å². The molecule has 0 fully saturated rings. The van der Waals surface area contributed by atoms with E-state index in [-0.39, 0.29) is 12.5 Å². The predicted molar refractivity (Wildman–Crippen MR) is 145 cm³/mol. The molecule has 0 spiro atoms. The molecule has 3 rings (SSSR count). The fraction of sp³-hybridized carbons (Fsp3) is 0.222. The van der Waals surface area contributed by atoms with Crippen molar-refractivity contribution in [3.63, 3.8) is 0 Å². The molecule has 0 atom stereocenters. The highest BCUT2D eigenvalue weighted by molar-refractivity contribution is 9.10. The smallest absolute Gasteiger partial charge is 0.271 e. The minimum Gasteiger partial charge on any atom is -0.493 e. The summed E-state index contributed by atoms with van der Waals surface area (Å²) in [7, 11) is 3.00. The second kappa shape index (κ2) is 13.9. The summed E-state index contributed by atoms with van der Waals surface area (Å²) < 4.78 is 22.6. The number of hydrogen-bond acceptors (Lipinski definition) is 7. The van der Waals surface area contributed by atoms with Gasteiger partial charge < -0.3 is 24.3 Å². The van der Waals surface area contributed by atoms with Gasteiger partial charge in [-0.2, -0.15) is 5.10 Å². The Labute approximate surface area is 223 Å². The van der Waals surface area contributed by atoms with E-state index in [1.54, 1.807) is 42.5 Å². The zero-order valence-electron chi connectivity index (χ0n) is 20.7. The van der Waals surface area contributed by atoms with Crippen molar-refractivity contribution in [1.82, 2.24) is 5.43 Å². The molecule has 9 nitrogen and oxygen atoms in total. The maximum absolute atomic E-state index is 12.5. The quantitative estimate of drug-likeness (QED) is 0.234. The number of anilines is 1. The molecule has 2 N–H and O–H groups in total. The molecule has 0 saturated heterocycles. The molecule has 0 unspecified atom stereocenters. The van der Waals surface area contributed by atoms with Crippen LogP contribution in [0.1, 0.15) is 29.3 Å². The highest BCUT2D eigenvalue weighted by Crippen LogP contribution is 2.36. The fourth-order valence-corrected chi connectivity index (χ4v) is 3.75. The van der Waals surface area contributed by atoms with Gasteiger partial charge in [0.2, 0.25) is 0 Å². The van der Waals surface area contributed by atoms with Crippen LogP contribution < -0.4 is 29.7 Å². The van der Waals surface area contributed by atoms with E-state index in [1.165, 1.54) is 20.4 Å². The molecular weight excluding hydrogens is 542 g/mol. The van der Waals surface area contributed by atoms with Crippen LogP contribution in [0, 0.1) is 0 Å². The molecule has 3 aromatic rings. The van der Waals surface area contributed by atoms with Crippen molar-refractivity contribution in [2.75, 3.05) is 32.8 Å². The Morgan fingerprint density at radius 2 is 1.70 bits per heavy atom. The van der Waals surface area contributed by atoms with Gasteiger partial charge >= 0.3 is 0 Å². The molecule has 0 aromatic heterocycles. The van der Waals surface area contributed by atoms with Crippen molar-refractivity contribution >= 4 is 39.6 Å². The number of carbonyl (C=O) groups is 2. The number of benzene rings is 3. The van der Waals surface area contributed by atoms with Gasteiger partial charge in [0, 0.05) is 11.3 Å². The number of rotatable bonds is 12. The molecule has 194 valence electrons. The number of nitrogens with zero attached hydrogens (tertiary/aromatic N) is 1. The first-order valence-electron chi connectivity index (χ1n) is 11.4. The Morgan fingerprint density at radius 1 is 0.946 bits per heavy atom. The van der Waals surface area contributed by atoms with Gasteiger partial charge in [-0.25, -0.2) is 5.43 Å². The number of halogens is 1. The maximum Gasteiger partial charge on any atom is 0.271 e. The van der Waals surface area contributed by atoms with Gasteiger partial charge in [-0.1, -0.05) is 25.1 Å². The van der Waals surface area contributed by atoms with Gasteiger partial charge in [-0.05, 0) is 70.4 Å². The van der Waals surface area contributed by atoms with Gasteiger partial charge in [-0.3, -0.25) is 9.59 Å². The molecule has 0 aliphatic heterocycles. The number of amides is 2. The Hall–Kier alpha value is -4.05. The van der Waals surface area contributed by atoms with E-state index in [0.717, 1.165) is 6.42 Å². The lowest BCUT2D eigenvalue weighted by Gasteiger charge is -2.13. The standard InChI is InChI=1S/C27H28BrN3O6/c1-4-12-36-22-11-10-19(15-23(22)34-2)27(33)31-29-16-18-13-21(28)26(24(14-18)35-3)37-17-25(32)30-20-8-6-5-7-9-20/h5-11,13-16H,4,12,17H2,1-3H3,(H,30,32)(H,31,33)/b29-16+. The van der Waals surface area contributed by atoms with E-state index in [0.29, 0.717) is 50.9 Å². The molecule has 0 heterocycles. The number of methoxy groups -OCH3 is 2. The highest BCUT2D eigenvalue weighted by Gasteiger charge is 2.14. The Morgan fingerprint density at radius 3 is 2.41 bits per heavy atom. The third kappa shape index (κ3) is 7.97. The van der Waals surface area contributed by atoms with Crippen LogP contribution >= 0.6 is 15.9 Å². The van der Waals surface area contributed by atoms with Gasteiger partial charge in [0.05, 0.1) is 31.5 Å². The third-order valence-corrected chi connectivity index (χ3v) is 5.51. The molecule has 0 bridgehead atoms. The van der Waals surface area contributed by atoms with Crippen LogP contribution in [0.25, 0.3) is 0 Å². The minimum atomic E-state index is -0.410. The molecule has 0 aliphatic rings. The first kappa shape index (κ1) is 27.5. The van der Waals surface area contributed by atoms with Crippen LogP contribution in [-0.2, 0) is 4.79 Å². The van der Waals surface area contributed by atoms with E-state index in [1.807, 2.05) is 25.1 Å². The van der Waals surface area contributed by atoms with Crippen molar-refractivity contribution in [3.8, 4) is 23.0 Å². The first-order chi connectivity index (χ1) is 17.9. The highest BCUT2D eigenvalue weighted by atomic mass is 79.9. The van der Waals surface area contributed by atoms with E-state index in [4.69, 9.17) is 18.9 Å². The van der Waals surface area contributed by atoms with Gasteiger partial charge in [0.15, 0.2) is 29.6 Å². The van der Waals surface area contributed by atoms with Crippen LogP contribution in [0.3, 0.4) is 0 Å². The number of hydrazone groups is 1. The summed E-state index contributed by atoms with van der Waals surface area (Å²) in [5.41, 5.74) is 4.17. The van der Waals surface area contributed by atoms with Crippen molar-refractivity contribution < 1.29 is 28.5 Å². The van der Waals surface area contributed by atoms with E-state index in [9.17, 15) is 9.59 Å². The van der Waals surface area contributed by atoms with Gasteiger partial charge in [-0.15, -0.1) is 0 Å². The zero-order valence-corrected chi connectivity index (χ0v) is 22.3. The van der Waals surface area contributed by atoms with Gasteiger partial charge in [0.25, 0.3) is 11.8 Å². The predicted octanol–water partition coefficient (Wildman–Crippen LogP) is 5.04. The minimum absolute atomic E-state index is 0.209. The molecule has 2 amide bonds. The largest absolute Gasteiger partial charge is 0.493 e. The van der Waals surface area contributed by atoms with Crippen LogP contribution in [0.15, 0.2) is 70.2 Å². The van der Waals surface area contributed by atoms with Crippen molar-refractivity contribution in [2.45, 2.75) is 13.3 Å². The van der Waals surface area contributed by atoms with Crippen LogP contribution in [-0.4, -0.2) is 45.5 Å². The van der Waals surface area contributed by atoms with E-state index >= 15 is 0 Å². The summed E-state index contributed by atoms with van der Waals surface area (Å²) >= 11 is 3.44. The summed E-state index contributed by atoms with van der Waals surface area (Å²) in [6.07, 6.45) is 2.32.